The summed E-state index contributed by atoms with van der Waals surface area (Å²) < 4.78 is 0. The van der Waals surface area contributed by atoms with E-state index in [1.54, 1.807) is 0 Å². The topological polar surface area (TPSA) is 24.9 Å². The van der Waals surface area contributed by atoms with Gasteiger partial charge in [0, 0.05) is 17.4 Å². The molecule has 1 heterocycles. The van der Waals surface area contributed by atoms with E-state index in [2.05, 4.69) is 57.1 Å². The average Bonchev–Trinajstić information content (AvgIpc) is 2.47. The van der Waals surface area contributed by atoms with E-state index in [-0.39, 0.29) is 0 Å². The molecule has 0 aromatic carbocycles. The van der Waals surface area contributed by atoms with Crippen LogP contribution >= 0.6 is 0 Å². The molecule has 2 nitrogen and oxygen atoms in total. The fraction of sp³-hybridized carbons (Fsp3) is 0.737. The smallest absolute Gasteiger partial charge is 0.0423 e. The summed E-state index contributed by atoms with van der Waals surface area (Å²) in [4.78, 5) is 4.66. The molecule has 0 spiro atoms. The third-order valence-electron chi connectivity index (χ3n) is 4.39. The van der Waals surface area contributed by atoms with Crippen LogP contribution in [0, 0.1) is 19.8 Å². The second-order valence-corrected chi connectivity index (χ2v) is 6.29. The Labute approximate surface area is 131 Å². The van der Waals surface area contributed by atoms with Gasteiger partial charge in [0.05, 0.1) is 0 Å². The molecular formula is C19H34N2. The molecule has 0 amide bonds. The van der Waals surface area contributed by atoms with Crippen LogP contribution in [-0.2, 0) is 0 Å². The van der Waals surface area contributed by atoms with Gasteiger partial charge in [-0.05, 0) is 50.8 Å². The molecule has 0 radical (unpaired) electrons. The van der Waals surface area contributed by atoms with Crippen LogP contribution in [0.3, 0.4) is 0 Å². The Bertz CT molecular complexity index is 401. The van der Waals surface area contributed by atoms with Crippen LogP contribution in [0.2, 0.25) is 0 Å². The molecule has 0 fully saturated rings. The first-order valence-corrected chi connectivity index (χ1v) is 8.79. The van der Waals surface area contributed by atoms with Crippen molar-refractivity contribution in [3.63, 3.8) is 0 Å². The zero-order valence-electron chi connectivity index (χ0n) is 14.7. The van der Waals surface area contributed by atoms with E-state index < -0.39 is 0 Å². The van der Waals surface area contributed by atoms with E-state index in [4.69, 9.17) is 0 Å². The van der Waals surface area contributed by atoms with Crippen molar-refractivity contribution in [3.05, 3.63) is 29.1 Å². The van der Waals surface area contributed by atoms with Gasteiger partial charge in [-0.2, -0.15) is 0 Å². The van der Waals surface area contributed by atoms with Gasteiger partial charge in [0.1, 0.15) is 0 Å². The normalized spacial score (nSPS) is 14.1. The number of aromatic nitrogens is 1. The highest BCUT2D eigenvalue weighted by Crippen LogP contribution is 2.28. The van der Waals surface area contributed by atoms with E-state index >= 15 is 0 Å². The second kappa shape index (κ2) is 9.94. The van der Waals surface area contributed by atoms with Crippen molar-refractivity contribution in [1.82, 2.24) is 10.3 Å². The van der Waals surface area contributed by atoms with E-state index in [1.165, 1.54) is 49.8 Å². The lowest BCUT2D eigenvalue weighted by atomic mass is 9.88. The fourth-order valence-electron chi connectivity index (χ4n) is 3.02. The van der Waals surface area contributed by atoms with Crippen LogP contribution in [0.25, 0.3) is 0 Å². The summed E-state index contributed by atoms with van der Waals surface area (Å²) in [6, 6.07) is 4.88. The Balaban J connectivity index is 2.83. The maximum absolute atomic E-state index is 4.66. The lowest BCUT2D eigenvalue weighted by Crippen LogP contribution is -2.25. The van der Waals surface area contributed by atoms with Gasteiger partial charge in [-0.1, -0.05) is 52.5 Å². The second-order valence-electron chi connectivity index (χ2n) is 6.29. The van der Waals surface area contributed by atoms with Crippen LogP contribution in [0.4, 0.5) is 0 Å². The van der Waals surface area contributed by atoms with Crippen molar-refractivity contribution in [2.45, 2.75) is 79.2 Å². The standard InChI is InChI=1S/C19H34N2/c1-6-9-10-17(8-3)14-19(20-13-7-2)18-12-11-15(4)21-16(18)5/h11-12,17,19-20H,6-10,13-14H2,1-5H3. The van der Waals surface area contributed by atoms with Gasteiger partial charge in [-0.25, -0.2) is 0 Å². The van der Waals surface area contributed by atoms with Gasteiger partial charge in [-0.15, -0.1) is 0 Å². The molecule has 0 aliphatic rings. The van der Waals surface area contributed by atoms with E-state index in [1.807, 2.05) is 0 Å². The molecule has 2 heteroatoms. The number of nitrogens with zero attached hydrogens (tertiary/aromatic N) is 1. The van der Waals surface area contributed by atoms with Crippen LogP contribution in [0.15, 0.2) is 12.1 Å². The lowest BCUT2D eigenvalue weighted by Gasteiger charge is -2.25. The fourth-order valence-corrected chi connectivity index (χ4v) is 3.02. The minimum Gasteiger partial charge on any atom is -0.310 e. The molecule has 2 unspecified atom stereocenters. The minimum absolute atomic E-state index is 0.458. The highest BCUT2D eigenvalue weighted by Gasteiger charge is 2.18. The van der Waals surface area contributed by atoms with E-state index in [0.717, 1.165) is 18.2 Å². The van der Waals surface area contributed by atoms with Crippen molar-refractivity contribution in [2.75, 3.05) is 6.54 Å². The molecule has 0 saturated carbocycles. The molecule has 1 rings (SSSR count). The van der Waals surface area contributed by atoms with Gasteiger partial charge in [-0.3, -0.25) is 4.98 Å². The predicted octanol–water partition coefficient (Wildman–Crippen LogP) is 5.35. The number of aryl methyl sites for hydroxylation is 2. The zero-order valence-corrected chi connectivity index (χ0v) is 14.7. The third kappa shape index (κ3) is 6.17. The molecule has 0 saturated heterocycles. The number of hydrogen-bond acceptors (Lipinski definition) is 2. The molecule has 0 bridgehead atoms. The highest BCUT2D eigenvalue weighted by atomic mass is 14.9. The van der Waals surface area contributed by atoms with Crippen molar-refractivity contribution < 1.29 is 0 Å². The number of pyridine rings is 1. The average molecular weight is 290 g/mol. The van der Waals surface area contributed by atoms with Gasteiger partial charge < -0.3 is 5.32 Å². The number of nitrogens with one attached hydrogen (secondary N) is 1. The van der Waals surface area contributed by atoms with Crippen LogP contribution in [0.1, 0.15) is 82.3 Å². The largest absolute Gasteiger partial charge is 0.310 e. The molecular weight excluding hydrogens is 256 g/mol. The number of hydrogen-bond donors (Lipinski definition) is 1. The summed E-state index contributed by atoms with van der Waals surface area (Å²) in [5, 5.41) is 3.75. The Morgan fingerprint density at radius 1 is 1.10 bits per heavy atom. The molecule has 21 heavy (non-hydrogen) atoms. The first-order valence-electron chi connectivity index (χ1n) is 8.79. The molecule has 0 aliphatic carbocycles. The summed E-state index contributed by atoms with van der Waals surface area (Å²) >= 11 is 0. The van der Waals surface area contributed by atoms with Gasteiger partial charge >= 0.3 is 0 Å². The zero-order chi connectivity index (χ0) is 15.7. The van der Waals surface area contributed by atoms with Crippen molar-refractivity contribution >= 4 is 0 Å². The highest BCUT2D eigenvalue weighted by molar-refractivity contribution is 5.25. The van der Waals surface area contributed by atoms with Crippen LogP contribution in [0.5, 0.6) is 0 Å². The summed E-state index contributed by atoms with van der Waals surface area (Å²) in [6.07, 6.45) is 7.71. The summed E-state index contributed by atoms with van der Waals surface area (Å²) in [5.74, 6) is 0.819. The molecule has 1 N–H and O–H groups in total. The molecule has 0 aliphatic heterocycles. The minimum atomic E-state index is 0.458. The summed E-state index contributed by atoms with van der Waals surface area (Å²) in [5.41, 5.74) is 3.70. The predicted molar refractivity (Wildman–Crippen MR) is 92.7 cm³/mol. The summed E-state index contributed by atoms with van der Waals surface area (Å²) in [6.45, 7) is 12.2. The maximum Gasteiger partial charge on any atom is 0.0423 e. The van der Waals surface area contributed by atoms with Crippen molar-refractivity contribution in [3.8, 4) is 0 Å². The Kier molecular flexibility index (Phi) is 8.60. The van der Waals surface area contributed by atoms with Crippen molar-refractivity contribution in [1.29, 1.82) is 0 Å². The SMILES string of the molecule is CCCCC(CC)CC(NCCC)c1ccc(C)nc1C. The van der Waals surface area contributed by atoms with E-state index in [9.17, 15) is 0 Å². The van der Waals surface area contributed by atoms with Gasteiger partial charge in [0.2, 0.25) is 0 Å². The van der Waals surface area contributed by atoms with Crippen molar-refractivity contribution in [2.24, 2.45) is 5.92 Å². The monoisotopic (exact) mass is 290 g/mol. The van der Waals surface area contributed by atoms with E-state index in [0.29, 0.717) is 6.04 Å². The third-order valence-corrected chi connectivity index (χ3v) is 4.39. The Morgan fingerprint density at radius 2 is 1.86 bits per heavy atom. The van der Waals surface area contributed by atoms with Crippen LogP contribution in [-0.4, -0.2) is 11.5 Å². The van der Waals surface area contributed by atoms with Gasteiger partial charge in [0.15, 0.2) is 0 Å². The first-order chi connectivity index (χ1) is 10.1. The summed E-state index contributed by atoms with van der Waals surface area (Å²) in [7, 11) is 0. The molecule has 120 valence electrons. The number of unbranched alkanes of at least 4 members (excludes halogenated alkanes) is 1. The molecule has 2 atom stereocenters. The lowest BCUT2D eigenvalue weighted by molar-refractivity contribution is 0.352. The quantitative estimate of drug-likeness (QED) is 0.628. The van der Waals surface area contributed by atoms with Crippen LogP contribution < -0.4 is 5.32 Å². The number of rotatable bonds is 10. The first kappa shape index (κ1) is 18.2. The van der Waals surface area contributed by atoms with Gasteiger partial charge in [0.25, 0.3) is 0 Å². The molecule has 1 aromatic rings. The molecule has 1 aromatic heterocycles. The maximum atomic E-state index is 4.66. The Hall–Kier alpha value is -0.890. The Morgan fingerprint density at radius 3 is 2.43 bits per heavy atom.